The van der Waals surface area contributed by atoms with Crippen molar-refractivity contribution in [3.05, 3.63) is 10.6 Å². The standard InChI is InChI=1S/C11H15N3OS/c1-4-7-8(5-2)12-11(15)10-9(6-3)13-14-16-10/h2,8H,4,6-7H2,1,3H3,(H,12,15). The van der Waals surface area contributed by atoms with E-state index in [0.717, 1.165) is 30.1 Å². The zero-order chi connectivity index (χ0) is 12.0. The van der Waals surface area contributed by atoms with Crippen LogP contribution in [0.15, 0.2) is 0 Å². The second-order valence-corrected chi connectivity index (χ2v) is 4.14. The Hall–Kier alpha value is -1.41. The summed E-state index contributed by atoms with van der Waals surface area (Å²) < 4.78 is 3.77. The Labute approximate surface area is 99.6 Å². The smallest absolute Gasteiger partial charge is 0.265 e. The first-order valence-electron chi connectivity index (χ1n) is 5.31. The van der Waals surface area contributed by atoms with Crippen LogP contribution in [0.25, 0.3) is 0 Å². The van der Waals surface area contributed by atoms with E-state index >= 15 is 0 Å². The number of terminal acetylenes is 1. The van der Waals surface area contributed by atoms with Gasteiger partial charge in [0.2, 0.25) is 0 Å². The predicted octanol–water partition coefficient (Wildman–Crippen LogP) is 1.63. The molecule has 1 amide bonds. The van der Waals surface area contributed by atoms with Gasteiger partial charge >= 0.3 is 0 Å². The summed E-state index contributed by atoms with van der Waals surface area (Å²) in [7, 11) is 0. The van der Waals surface area contributed by atoms with Gasteiger partial charge in [-0.25, -0.2) is 0 Å². The van der Waals surface area contributed by atoms with Crippen molar-refractivity contribution in [2.45, 2.75) is 39.2 Å². The molecule has 0 spiro atoms. The number of carbonyl (C=O) groups is 1. The van der Waals surface area contributed by atoms with Crippen molar-refractivity contribution in [1.29, 1.82) is 0 Å². The van der Waals surface area contributed by atoms with Crippen LogP contribution in [0.3, 0.4) is 0 Å². The Kier molecular flexibility index (Phi) is 4.93. The normalized spacial score (nSPS) is 11.8. The molecule has 1 N–H and O–H groups in total. The minimum atomic E-state index is -0.204. The van der Waals surface area contributed by atoms with E-state index in [-0.39, 0.29) is 11.9 Å². The van der Waals surface area contributed by atoms with E-state index in [1.54, 1.807) is 0 Å². The number of amides is 1. The van der Waals surface area contributed by atoms with Gasteiger partial charge in [0.1, 0.15) is 4.88 Å². The van der Waals surface area contributed by atoms with Gasteiger partial charge in [0, 0.05) is 0 Å². The van der Waals surface area contributed by atoms with E-state index in [4.69, 9.17) is 6.42 Å². The van der Waals surface area contributed by atoms with E-state index < -0.39 is 0 Å². The Morgan fingerprint density at radius 1 is 1.62 bits per heavy atom. The van der Waals surface area contributed by atoms with Crippen LogP contribution >= 0.6 is 11.5 Å². The van der Waals surface area contributed by atoms with Gasteiger partial charge in [-0.1, -0.05) is 30.7 Å². The number of hydrogen-bond donors (Lipinski definition) is 1. The highest BCUT2D eigenvalue weighted by Crippen LogP contribution is 2.11. The van der Waals surface area contributed by atoms with Crippen LogP contribution < -0.4 is 5.32 Å². The minimum Gasteiger partial charge on any atom is -0.338 e. The highest BCUT2D eigenvalue weighted by atomic mass is 32.1. The largest absolute Gasteiger partial charge is 0.338 e. The first-order valence-corrected chi connectivity index (χ1v) is 6.08. The third kappa shape index (κ3) is 3.04. The van der Waals surface area contributed by atoms with Crippen molar-refractivity contribution >= 4 is 17.4 Å². The van der Waals surface area contributed by atoms with E-state index in [1.807, 2.05) is 13.8 Å². The molecule has 0 bridgehead atoms. The molecule has 1 atom stereocenters. The molecule has 1 aromatic rings. The number of rotatable bonds is 5. The predicted molar refractivity (Wildman–Crippen MR) is 64.3 cm³/mol. The summed E-state index contributed by atoms with van der Waals surface area (Å²) in [5.74, 6) is 2.40. The van der Waals surface area contributed by atoms with E-state index in [9.17, 15) is 4.79 Å². The van der Waals surface area contributed by atoms with Gasteiger partial charge in [-0.2, -0.15) is 0 Å². The summed E-state index contributed by atoms with van der Waals surface area (Å²) in [5, 5.41) is 6.69. The molecule has 0 fully saturated rings. The summed E-state index contributed by atoms with van der Waals surface area (Å²) >= 11 is 1.11. The number of hydrogen-bond acceptors (Lipinski definition) is 4. The maximum absolute atomic E-state index is 11.9. The Morgan fingerprint density at radius 2 is 2.38 bits per heavy atom. The molecule has 0 radical (unpaired) electrons. The van der Waals surface area contributed by atoms with Crippen LogP contribution in [0.2, 0.25) is 0 Å². The lowest BCUT2D eigenvalue weighted by molar-refractivity contribution is 0.0947. The Balaban J connectivity index is 2.68. The summed E-state index contributed by atoms with van der Waals surface area (Å²) in [5.41, 5.74) is 0.731. The van der Waals surface area contributed by atoms with Gasteiger partial charge in [0.15, 0.2) is 0 Å². The zero-order valence-electron chi connectivity index (χ0n) is 9.49. The second kappa shape index (κ2) is 6.23. The number of nitrogens with one attached hydrogen (secondary N) is 1. The summed E-state index contributed by atoms with van der Waals surface area (Å²) in [6.45, 7) is 3.97. The number of nitrogens with zero attached hydrogens (tertiary/aromatic N) is 2. The monoisotopic (exact) mass is 237 g/mol. The average molecular weight is 237 g/mol. The highest BCUT2D eigenvalue weighted by molar-refractivity contribution is 7.08. The van der Waals surface area contributed by atoms with E-state index in [1.165, 1.54) is 0 Å². The van der Waals surface area contributed by atoms with Gasteiger partial charge in [-0.3, -0.25) is 4.79 Å². The molecule has 0 aliphatic carbocycles. The van der Waals surface area contributed by atoms with Crippen LogP contribution in [0.4, 0.5) is 0 Å². The molecule has 0 aliphatic heterocycles. The molecule has 4 nitrogen and oxygen atoms in total. The lowest BCUT2D eigenvalue weighted by Gasteiger charge is -2.10. The van der Waals surface area contributed by atoms with Gasteiger partial charge in [-0.15, -0.1) is 11.5 Å². The van der Waals surface area contributed by atoms with Crippen molar-refractivity contribution in [3.63, 3.8) is 0 Å². The third-order valence-corrected chi connectivity index (χ3v) is 2.95. The van der Waals surface area contributed by atoms with Crippen LogP contribution in [-0.4, -0.2) is 21.5 Å². The van der Waals surface area contributed by atoms with Crippen molar-refractivity contribution in [2.75, 3.05) is 0 Å². The SMILES string of the molecule is C#CC(CCC)NC(=O)c1snnc1CC. The molecule has 1 aromatic heterocycles. The average Bonchev–Trinajstić information content (AvgIpc) is 2.76. The molecule has 0 aliphatic rings. The summed E-state index contributed by atoms with van der Waals surface area (Å²) in [6, 6.07) is -0.204. The topological polar surface area (TPSA) is 54.9 Å². The molecule has 16 heavy (non-hydrogen) atoms. The molecular weight excluding hydrogens is 222 g/mol. The van der Waals surface area contributed by atoms with Crippen molar-refractivity contribution in [2.24, 2.45) is 0 Å². The molecule has 1 unspecified atom stereocenters. The van der Waals surface area contributed by atoms with Gasteiger partial charge in [0.05, 0.1) is 11.7 Å². The molecule has 0 saturated carbocycles. The minimum absolute atomic E-state index is 0.164. The first-order chi connectivity index (χ1) is 7.72. The van der Waals surface area contributed by atoms with Crippen LogP contribution in [0.1, 0.15) is 42.1 Å². The molecule has 0 saturated heterocycles. The maximum atomic E-state index is 11.9. The molecule has 0 aromatic carbocycles. The maximum Gasteiger partial charge on any atom is 0.265 e. The molecule has 1 rings (SSSR count). The molecule has 1 heterocycles. The van der Waals surface area contributed by atoms with E-state index in [2.05, 4.69) is 20.8 Å². The molecule has 86 valence electrons. The van der Waals surface area contributed by atoms with Crippen molar-refractivity contribution < 1.29 is 4.79 Å². The fourth-order valence-electron chi connectivity index (χ4n) is 1.32. The van der Waals surface area contributed by atoms with Crippen molar-refractivity contribution in [3.8, 4) is 12.3 Å². The summed E-state index contributed by atoms with van der Waals surface area (Å²) in [6.07, 6.45) is 7.77. The lowest BCUT2D eigenvalue weighted by Crippen LogP contribution is -2.33. The zero-order valence-corrected chi connectivity index (χ0v) is 10.3. The molecule has 5 heteroatoms. The molecular formula is C11H15N3OS. The fraction of sp³-hybridized carbons (Fsp3) is 0.545. The number of aromatic nitrogens is 2. The fourth-order valence-corrected chi connectivity index (χ4v) is 1.98. The quantitative estimate of drug-likeness (QED) is 0.792. The Morgan fingerprint density at radius 3 is 2.94 bits per heavy atom. The third-order valence-electron chi connectivity index (χ3n) is 2.18. The highest BCUT2D eigenvalue weighted by Gasteiger charge is 2.17. The van der Waals surface area contributed by atoms with Gasteiger partial charge in [0.25, 0.3) is 5.91 Å². The van der Waals surface area contributed by atoms with Crippen LogP contribution in [0, 0.1) is 12.3 Å². The van der Waals surface area contributed by atoms with Crippen molar-refractivity contribution in [1.82, 2.24) is 14.9 Å². The van der Waals surface area contributed by atoms with Crippen LogP contribution in [-0.2, 0) is 6.42 Å². The lowest BCUT2D eigenvalue weighted by atomic mass is 10.1. The van der Waals surface area contributed by atoms with Gasteiger partial charge in [-0.05, 0) is 24.4 Å². The van der Waals surface area contributed by atoms with Gasteiger partial charge < -0.3 is 5.32 Å². The Bertz CT molecular complexity index is 394. The first kappa shape index (κ1) is 12.7. The number of aryl methyl sites for hydroxylation is 1. The number of carbonyl (C=O) groups excluding carboxylic acids is 1. The van der Waals surface area contributed by atoms with Crippen LogP contribution in [0.5, 0.6) is 0 Å². The van der Waals surface area contributed by atoms with E-state index in [0.29, 0.717) is 11.3 Å². The second-order valence-electron chi connectivity index (χ2n) is 3.38. The summed E-state index contributed by atoms with van der Waals surface area (Å²) in [4.78, 5) is 12.4.